The van der Waals surface area contributed by atoms with Crippen molar-refractivity contribution in [2.24, 2.45) is 0 Å². The second-order valence-electron chi connectivity index (χ2n) is 2.57. The topological polar surface area (TPSA) is 44.2 Å². The Kier molecular flexibility index (Phi) is 2.30. The Morgan fingerprint density at radius 2 is 2.38 bits per heavy atom. The van der Waals surface area contributed by atoms with Gasteiger partial charge in [-0.15, -0.1) is 0 Å². The maximum absolute atomic E-state index is 3.88. The molecule has 0 spiro atoms. The van der Waals surface area contributed by atoms with Crippen LogP contribution in [0.5, 0.6) is 0 Å². The number of nitrogens with two attached hydrogens (primary N) is 1. The van der Waals surface area contributed by atoms with Crippen molar-refractivity contribution in [3.8, 4) is 0 Å². The monoisotopic (exact) mass is 116 g/mol. The smallest absolute Gasteiger partial charge is 0.135 e. The van der Waals surface area contributed by atoms with Gasteiger partial charge in [-0.05, 0) is 12.8 Å². The van der Waals surface area contributed by atoms with E-state index in [1.165, 1.54) is 25.8 Å². The molecule has 0 aliphatic carbocycles. The molecule has 0 bridgehead atoms. The summed E-state index contributed by atoms with van der Waals surface area (Å²) in [5.74, 6) is 0. The molecule has 8 heavy (non-hydrogen) atoms. The first kappa shape index (κ1) is 6.05. The lowest BCUT2D eigenvalue weighted by Gasteiger charge is -2.15. The van der Waals surface area contributed by atoms with Gasteiger partial charge in [0.15, 0.2) is 0 Å². The summed E-state index contributed by atoms with van der Waals surface area (Å²) in [4.78, 5) is 0. The van der Waals surface area contributed by atoms with Crippen LogP contribution in [0.4, 0.5) is 0 Å². The van der Waals surface area contributed by atoms with E-state index in [0.29, 0.717) is 0 Å². The zero-order valence-corrected chi connectivity index (χ0v) is 5.40. The van der Waals surface area contributed by atoms with Gasteiger partial charge in [0.25, 0.3) is 0 Å². The number of hydrogen-bond acceptors (Lipinski definition) is 0. The molecule has 1 aliphatic rings. The van der Waals surface area contributed by atoms with Gasteiger partial charge in [-0.2, -0.15) is 0 Å². The molecule has 1 rings (SSSR count). The van der Waals surface area contributed by atoms with E-state index in [-0.39, 0.29) is 0 Å². The van der Waals surface area contributed by atoms with E-state index in [9.17, 15) is 0 Å². The SMILES string of the molecule is [NH3+]C[C@H]1CCCC[NH2+]1. The van der Waals surface area contributed by atoms with E-state index in [1.54, 1.807) is 0 Å². The lowest BCUT2D eigenvalue weighted by Crippen LogP contribution is -2.95. The molecule has 0 radical (unpaired) electrons. The predicted molar refractivity (Wildman–Crippen MR) is 32.2 cm³/mol. The maximum atomic E-state index is 3.88. The Morgan fingerprint density at radius 3 is 2.75 bits per heavy atom. The van der Waals surface area contributed by atoms with Crippen molar-refractivity contribution in [1.29, 1.82) is 0 Å². The highest BCUT2D eigenvalue weighted by Gasteiger charge is 2.14. The summed E-state index contributed by atoms with van der Waals surface area (Å²) in [5, 5.41) is 2.43. The Labute approximate surface area is 50.4 Å². The van der Waals surface area contributed by atoms with Crippen LogP contribution in [0.1, 0.15) is 19.3 Å². The minimum absolute atomic E-state index is 0.851. The van der Waals surface area contributed by atoms with Crippen LogP contribution < -0.4 is 11.1 Å². The largest absolute Gasteiger partial charge is 0.353 e. The molecule has 0 aromatic rings. The second kappa shape index (κ2) is 3.05. The highest BCUT2D eigenvalue weighted by atomic mass is 14.9. The van der Waals surface area contributed by atoms with E-state index in [2.05, 4.69) is 11.1 Å². The van der Waals surface area contributed by atoms with Crippen molar-refractivity contribution in [2.45, 2.75) is 25.3 Å². The quantitative estimate of drug-likeness (QED) is 0.412. The van der Waals surface area contributed by atoms with E-state index in [0.717, 1.165) is 12.6 Å². The van der Waals surface area contributed by atoms with Crippen LogP contribution in [0.15, 0.2) is 0 Å². The Morgan fingerprint density at radius 1 is 1.50 bits per heavy atom. The van der Waals surface area contributed by atoms with Gasteiger partial charge in [0.1, 0.15) is 12.6 Å². The fourth-order valence-electron chi connectivity index (χ4n) is 1.28. The van der Waals surface area contributed by atoms with Crippen molar-refractivity contribution >= 4 is 0 Å². The Hall–Kier alpha value is -0.0800. The van der Waals surface area contributed by atoms with Gasteiger partial charge in [-0.3, -0.25) is 0 Å². The van der Waals surface area contributed by atoms with Crippen LogP contribution in [0.25, 0.3) is 0 Å². The summed E-state index contributed by atoms with van der Waals surface area (Å²) in [6.07, 6.45) is 4.23. The lowest BCUT2D eigenvalue weighted by atomic mass is 10.1. The van der Waals surface area contributed by atoms with Gasteiger partial charge in [-0.1, -0.05) is 0 Å². The third-order valence-electron chi connectivity index (χ3n) is 1.90. The molecular weight excluding hydrogens is 100 g/mol. The molecule has 1 aliphatic heterocycles. The zero-order chi connectivity index (χ0) is 5.82. The fourth-order valence-corrected chi connectivity index (χ4v) is 1.28. The molecule has 1 atom stereocenters. The first-order valence-corrected chi connectivity index (χ1v) is 3.56. The maximum Gasteiger partial charge on any atom is 0.135 e. The van der Waals surface area contributed by atoms with Crippen molar-refractivity contribution in [3.05, 3.63) is 0 Å². The van der Waals surface area contributed by atoms with Gasteiger partial charge in [0.2, 0.25) is 0 Å². The molecule has 1 fully saturated rings. The van der Waals surface area contributed by atoms with Crippen molar-refractivity contribution in [2.75, 3.05) is 13.1 Å². The molecular formula is C6H16N2+2. The van der Waals surface area contributed by atoms with E-state index < -0.39 is 0 Å². The van der Waals surface area contributed by atoms with Crippen molar-refractivity contribution in [3.63, 3.8) is 0 Å². The van der Waals surface area contributed by atoms with Crippen LogP contribution in [-0.2, 0) is 0 Å². The number of hydrogen-bond donors (Lipinski definition) is 2. The van der Waals surface area contributed by atoms with E-state index >= 15 is 0 Å². The predicted octanol–water partition coefficient (Wildman–Crippen LogP) is -1.66. The van der Waals surface area contributed by atoms with Gasteiger partial charge in [0, 0.05) is 6.42 Å². The molecule has 0 aromatic carbocycles. The molecule has 1 heterocycles. The average molecular weight is 116 g/mol. The Bertz CT molecular complexity index is 57.5. The highest BCUT2D eigenvalue weighted by Crippen LogP contribution is 1.98. The molecule has 48 valence electrons. The van der Waals surface area contributed by atoms with Gasteiger partial charge in [-0.25, -0.2) is 0 Å². The summed E-state index contributed by atoms with van der Waals surface area (Å²) in [5.41, 5.74) is 3.88. The third kappa shape index (κ3) is 1.46. The summed E-state index contributed by atoms with van der Waals surface area (Å²) in [6, 6.07) is 0.851. The standard InChI is InChI=1S/C6H14N2/c7-5-6-3-1-2-4-8-6/h6,8H,1-5,7H2/p+2/t6-/m1/s1. The van der Waals surface area contributed by atoms with Gasteiger partial charge in [0.05, 0.1) is 6.54 Å². The summed E-state index contributed by atoms with van der Waals surface area (Å²) >= 11 is 0. The van der Waals surface area contributed by atoms with Crippen molar-refractivity contribution in [1.82, 2.24) is 0 Å². The van der Waals surface area contributed by atoms with Crippen LogP contribution in [-0.4, -0.2) is 19.1 Å². The molecule has 0 aromatic heterocycles. The van der Waals surface area contributed by atoms with E-state index in [1.807, 2.05) is 0 Å². The van der Waals surface area contributed by atoms with Crippen molar-refractivity contribution < 1.29 is 11.1 Å². The number of quaternary nitrogens is 2. The third-order valence-corrected chi connectivity index (χ3v) is 1.90. The average Bonchev–Trinajstić information content (AvgIpc) is 1.90. The first-order valence-electron chi connectivity index (χ1n) is 3.56. The zero-order valence-electron chi connectivity index (χ0n) is 5.40. The molecule has 5 N–H and O–H groups in total. The lowest BCUT2D eigenvalue weighted by molar-refractivity contribution is -0.713. The first-order chi connectivity index (χ1) is 3.93. The van der Waals surface area contributed by atoms with Crippen LogP contribution in [0.3, 0.4) is 0 Å². The molecule has 2 heteroatoms. The summed E-state index contributed by atoms with van der Waals surface area (Å²) < 4.78 is 0. The van der Waals surface area contributed by atoms with E-state index in [4.69, 9.17) is 0 Å². The highest BCUT2D eigenvalue weighted by molar-refractivity contribution is 4.55. The summed E-state index contributed by atoms with van der Waals surface area (Å²) in [6.45, 7) is 2.44. The molecule has 0 saturated carbocycles. The number of rotatable bonds is 1. The normalized spacial score (nSPS) is 30.4. The molecule has 2 nitrogen and oxygen atoms in total. The summed E-state index contributed by atoms with van der Waals surface area (Å²) in [7, 11) is 0. The van der Waals surface area contributed by atoms with Crippen LogP contribution in [0, 0.1) is 0 Å². The van der Waals surface area contributed by atoms with Crippen LogP contribution in [0.2, 0.25) is 0 Å². The Balaban J connectivity index is 2.13. The van der Waals surface area contributed by atoms with Gasteiger partial charge < -0.3 is 11.1 Å². The van der Waals surface area contributed by atoms with Crippen LogP contribution >= 0.6 is 0 Å². The molecule has 1 saturated heterocycles. The fraction of sp³-hybridized carbons (Fsp3) is 1.00. The van der Waals surface area contributed by atoms with Gasteiger partial charge >= 0.3 is 0 Å². The molecule has 0 unspecified atom stereocenters. The minimum atomic E-state index is 0.851. The second-order valence-corrected chi connectivity index (χ2v) is 2.57. The number of piperidine rings is 1. The minimum Gasteiger partial charge on any atom is -0.353 e. The molecule has 0 amide bonds.